The monoisotopic (exact) mass is 560 g/mol. The van der Waals surface area contributed by atoms with Gasteiger partial charge in [0.2, 0.25) is 10.0 Å². The van der Waals surface area contributed by atoms with Crippen LogP contribution in [0.5, 0.6) is 0 Å². The first kappa shape index (κ1) is 27.0. The lowest BCUT2D eigenvalue weighted by atomic mass is 9.82. The van der Waals surface area contributed by atoms with Crippen molar-refractivity contribution in [1.82, 2.24) is 4.90 Å². The largest absolute Gasteiger partial charge is 0.507 e. The molecule has 0 radical (unpaired) electrons. The fraction of sp³-hybridized carbons (Fsp3) is 0.464. The number of esters is 1. The summed E-state index contributed by atoms with van der Waals surface area (Å²) in [6, 6.07) is 10.6. The normalized spacial score (nSPS) is 20.1. The molecule has 2 heterocycles. The summed E-state index contributed by atoms with van der Waals surface area (Å²) in [6.45, 7) is 4.99. The summed E-state index contributed by atoms with van der Waals surface area (Å²) in [5, 5.41) is 11.5. The Morgan fingerprint density at radius 2 is 1.82 bits per heavy atom. The van der Waals surface area contributed by atoms with E-state index in [9.17, 15) is 18.3 Å². The molecule has 0 unspecified atom stereocenters. The van der Waals surface area contributed by atoms with Gasteiger partial charge in [-0.05, 0) is 73.6 Å². The molecule has 2 aromatic carbocycles. The molecule has 1 spiro atoms. The predicted molar refractivity (Wildman–Crippen MR) is 148 cm³/mol. The molecular weight excluding hydrogens is 528 g/mol. The molecule has 3 aliphatic rings. The van der Waals surface area contributed by atoms with E-state index in [-0.39, 0.29) is 17.1 Å². The van der Waals surface area contributed by atoms with Crippen LogP contribution in [0, 0.1) is 6.92 Å². The number of hydrogen-bond acceptors (Lipinski definition) is 7. The van der Waals surface area contributed by atoms with E-state index in [1.165, 1.54) is 0 Å². The van der Waals surface area contributed by atoms with Gasteiger partial charge < -0.3 is 14.6 Å². The number of ether oxygens (including phenoxy) is 2. The van der Waals surface area contributed by atoms with E-state index in [1.54, 1.807) is 24.3 Å². The highest BCUT2D eigenvalue weighted by Gasteiger charge is 2.49. The van der Waals surface area contributed by atoms with Gasteiger partial charge in [0.1, 0.15) is 5.57 Å². The third-order valence-corrected chi connectivity index (χ3v) is 9.21. The maximum absolute atomic E-state index is 12.9. The summed E-state index contributed by atoms with van der Waals surface area (Å²) in [4.78, 5) is 14.9. The first-order chi connectivity index (χ1) is 18.2. The Kier molecular flexibility index (Phi) is 7.73. The molecule has 2 aromatic rings. The maximum Gasteiger partial charge on any atom is 0.343 e. The van der Waals surface area contributed by atoms with Gasteiger partial charge in [0, 0.05) is 35.9 Å². The summed E-state index contributed by atoms with van der Waals surface area (Å²) in [6.07, 6.45) is 4.10. The second kappa shape index (κ2) is 10.9. The summed E-state index contributed by atoms with van der Waals surface area (Å²) < 4.78 is 39.2. The molecule has 10 heteroatoms. The van der Waals surface area contributed by atoms with E-state index in [0.29, 0.717) is 54.4 Å². The number of halogens is 1. The van der Waals surface area contributed by atoms with Gasteiger partial charge in [0.15, 0.2) is 11.4 Å². The summed E-state index contributed by atoms with van der Waals surface area (Å²) >= 11 is 6.70. The van der Waals surface area contributed by atoms with E-state index in [0.717, 1.165) is 43.5 Å². The molecule has 1 saturated carbocycles. The second-order valence-corrected chi connectivity index (χ2v) is 12.5. The summed E-state index contributed by atoms with van der Waals surface area (Å²) in [5.41, 5.74) is 2.43. The number of aryl methyl sites for hydroxylation is 1. The van der Waals surface area contributed by atoms with Crippen LogP contribution in [0.4, 0.5) is 5.69 Å². The molecule has 2 aliphatic heterocycles. The molecule has 2 fully saturated rings. The molecule has 1 saturated heterocycles. The van der Waals surface area contributed by atoms with Crippen molar-refractivity contribution in [3.63, 3.8) is 0 Å². The number of aliphatic hydroxyl groups is 1. The number of benzene rings is 2. The molecule has 38 heavy (non-hydrogen) atoms. The number of aliphatic hydroxyl groups excluding tert-OH is 1. The highest BCUT2D eigenvalue weighted by molar-refractivity contribution is 7.92. The number of carbonyl (C=O) groups excluding carboxylic acids is 1. The quantitative estimate of drug-likeness (QED) is 0.463. The minimum absolute atomic E-state index is 0.00241. The fourth-order valence-electron chi connectivity index (χ4n) is 5.53. The van der Waals surface area contributed by atoms with Gasteiger partial charge in [-0.2, -0.15) is 0 Å². The van der Waals surface area contributed by atoms with Gasteiger partial charge in [-0.1, -0.05) is 30.2 Å². The van der Waals surface area contributed by atoms with Crippen LogP contribution in [0.3, 0.4) is 0 Å². The molecule has 1 aliphatic carbocycles. The number of nitrogens with one attached hydrogen (secondary N) is 1. The molecule has 204 valence electrons. The van der Waals surface area contributed by atoms with Crippen LogP contribution in [0.25, 0.3) is 16.7 Å². The van der Waals surface area contributed by atoms with Gasteiger partial charge in [0.05, 0.1) is 19.0 Å². The van der Waals surface area contributed by atoms with Crippen molar-refractivity contribution in [1.29, 1.82) is 0 Å². The number of sulfonamides is 1. The Labute approximate surface area is 228 Å². The van der Waals surface area contributed by atoms with Crippen molar-refractivity contribution in [2.75, 3.05) is 43.3 Å². The van der Waals surface area contributed by atoms with Crippen molar-refractivity contribution < 1.29 is 27.8 Å². The van der Waals surface area contributed by atoms with Gasteiger partial charge in [0.25, 0.3) is 0 Å². The van der Waals surface area contributed by atoms with Crippen LogP contribution in [-0.4, -0.2) is 68.6 Å². The number of morpholine rings is 1. The fourth-order valence-corrected chi connectivity index (χ4v) is 6.89. The molecule has 0 bridgehead atoms. The molecular formula is C28H33ClN2O6S. The van der Waals surface area contributed by atoms with Gasteiger partial charge in [-0.15, -0.1) is 0 Å². The number of rotatable bonds is 7. The zero-order chi connectivity index (χ0) is 26.9. The lowest BCUT2D eigenvalue weighted by Gasteiger charge is -2.31. The zero-order valence-electron chi connectivity index (χ0n) is 21.5. The van der Waals surface area contributed by atoms with Gasteiger partial charge in [-0.3, -0.25) is 9.62 Å². The number of nitrogens with zero attached hydrogens (tertiary/aromatic N) is 1. The Hall–Kier alpha value is -2.59. The number of carbonyl (C=O) groups is 1. The standard InChI is InChI=1S/C28H33ClN2O6S/c1-19-16-23(24(29)18-22(19)25-26(32)28(37-27(25)33)8-3-2-4-9-28)20-6-5-7-21(17-20)30-38(34,35)15-12-31-10-13-36-14-11-31/h5-7,16-18,30,32H,2-4,8-15H2,1H3. The van der Waals surface area contributed by atoms with Crippen LogP contribution in [0.15, 0.2) is 42.2 Å². The average Bonchev–Trinajstić information content (AvgIpc) is 3.13. The Morgan fingerprint density at radius 1 is 1.08 bits per heavy atom. The van der Waals surface area contributed by atoms with Crippen molar-refractivity contribution in [3.05, 3.63) is 58.3 Å². The molecule has 8 nitrogen and oxygen atoms in total. The molecule has 2 N–H and O–H groups in total. The topological polar surface area (TPSA) is 105 Å². The highest BCUT2D eigenvalue weighted by atomic mass is 35.5. The predicted octanol–water partition coefficient (Wildman–Crippen LogP) is 4.92. The minimum Gasteiger partial charge on any atom is -0.507 e. The molecule has 5 rings (SSSR count). The van der Waals surface area contributed by atoms with E-state index in [4.69, 9.17) is 21.1 Å². The Bertz CT molecular complexity index is 1360. The van der Waals surface area contributed by atoms with E-state index in [2.05, 4.69) is 9.62 Å². The molecule has 0 aromatic heterocycles. The number of hydrogen-bond donors (Lipinski definition) is 2. The van der Waals surface area contributed by atoms with Crippen molar-refractivity contribution >= 4 is 38.9 Å². The van der Waals surface area contributed by atoms with E-state index in [1.807, 2.05) is 19.1 Å². The maximum atomic E-state index is 12.9. The average molecular weight is 561 g/mol. The van der Waals surface area contributed by atoms with Crippen LogP contribution < -0.4 is 4.72 Å². The number of anilines is 1. The van der Waals surface area contributed by atoms with Crippen LogP contribution in [0.2, 0.25) is 5.02 Å². The Morgan fingerprint density at radius 3 is 2.55 bits per heavy atom. The molecule has 0 atom stereocenters. The summed E-state index contributed by atoms with van der Waals surface area (Å²) in [7, 11) is -3.55. The van der Waals surface area contributed by atoms with Gasteiger partial charge >= 0.3 is 5.97 Å². The highest BCUT2D eigenvalue weighted by Crippen LogP contribution is 2.46. The third-order valence-electron chi connectivity index (χ3n) is 7.63. The van der Waals surface area contributed by atoms with Crippen LogP contribution in [0.1, 0.15) is 43.2 Å². The second-order valence-electron chi connectivity index (χ2n) is 10.3. The minimum atomic E-state index is -3.55. The van der Waals surface area contributed by atoms with Crippen molar-refractivity contribution in [2.24, 2.45) is 0 Å². The van der Waals surface area contributed by atoms with Crippen molar-refractivity contribution in [2.45, 2.75) is 44.6 Å². The smallest absolute Gasteiger partial charge is 0.343 e. The van der Waals surface area contributed by atoms with E-state index < -0.39 is 21.6 Å². The van der Waals surface area contributed by atoms with Crippen molar-refractivity contribution in [3.8, 4) is 11.1 Å². The van der Waals surface area contributed by atoms with Crippen LogP contribution in [-0.2, 0) is 24.3 Å². The van der Waals surface area contributed by atoms with Gasteiger partial charge in [-0.25, -0.2) is 13.2 Å². The first-order valence-electron chi connectivity index (χ1n) is 13.1. The Balaban J connectivity index is 1.37. The SMILES string of the molecule is Cc1cc(-c2cccc(NS(=O)(=O)CCN3CCOCC3)c2)c(Cl)cc1C1=C(O)C2(CCCCC2)OC1=O. The van der Waals surface area contributed by atoms with Crippen LogP contribution >= 0.6 is 11.6 Å². The first-order valence-corrected chi connectivity index (χ1v) is 15.1. The lowest BCUT2D eigenvalue weighted by molar-refractivity contribution is -0.149. The molecule has 0 amide bonds. The van der Waals surface area contributed by atoms with E-state index >= 15 is 0 Å². The lowest BCUT2D eigenvalue weighted by Crippen LogP contribution is -2.39. The third kappa shape index (κ3) is 5.57. The zero-order valence-corrected chi connectivity index (χ0v) is 23.0. The summed E-state index contributed by atoms with van der Waals surface area (Å²) in [5.74, 6) is -0.533.